The fraction of sp³-hybridized carbons (Fsp3) is 0.259. The zero-order chi connectivity index (χ0) is 26.7. The molecule has 1 fully saturated rings. The predicted molar refractivity (Wildman–Crippen MR) is 145 cm³/mol. The molecule has 2 aliphatic rings. The summed E-state index contributed by atoms with van der Waals surface area (Å²) in [5.41, 5.74) is 8.97. The van der Waals surface area contributed by atoms with Crippen molar-refractivity contribution in [2.45, 2.75) is 17.4 Å². The topological polar surface area (TPSA) is 124 Å². The van der Waals surface area contributed by atoms with Gasteiger partial charge in [0.1, 0.15) is 17.7 Å². The number of anilines is 1. The highest BCUT2D eigenvalue weighted by Gasteiger charge is 2.28. The second-order valence-electron chi connectivity index (χ2n) is 9.03. The Hall–Kier alpha value is -3.44. The van der Waals surface area contributed by atoms with Crippen LogP contribution in [0.15, 0.2) is 65.7 Å². The number of nitrogens with zero attached hydrogens (tertiary/aromatic N) is 2. The number of nitrogen functional groups attached to an aromatic ring is 1. The van der Waals surface area contributed by atoms with Gasteiger partial charge >= 0.3 is 0 Å². The van der Waals surface area contributed by atoms with Gasteiger partial charge in [0.2, 0.25) is 15.9 Å². The number of hydrogen-bond acceptors (Lipinski definition) is 7. The molecule has 11 heteroatoms. The number of pyridine rings is 1. The number of sulfonamides is 1. The summed E-state index contributed by atoms with van der Waals surface area (Å²) in [6, 6.07) is 14.0. The van der Waals surface area contributed by atoms with Gasteiger partial charge in [-0.2, -0.15) is 4.31 Å². The molecule has 1 unspecified atom stereocenters. The number of carbonyl (C=O) groups is 1. The number of fused-ring (bicyclic) bond motifs is 1. The van der Waals surface area contributed by atoms with Gasteiger partial charge in [-0.15, -0.1) is 0 Å². The molecule has 198 valence electrons. The normalized spacial score (nSPS) is 17.8. The van der Waals surface area contributed by atoms with Crippen molar-refractivity contribution in [3.05, 3.63) is 77.0 Å². The third kappa shape index (κ3) is 5.83. The molecule has 1 atom stereocenters. The maximum absolute atomic E-state index is 12.9. The Morgan fingerprint density at radius 3 is 2.61 bits per heavy atom. The molecule has 1 amide bonds. The molecule has 2 aliphatic heterocycles. The van der Waals surface area contributed by atoms with E-state index in [1.165, 1.54) is 10.4 Å². The predicted octanol–water partition coefficient (Wildman–Crippen LogP) is 3.14. The number of nitrogens with two attached hydrogens (primary N) is 1. The smallest absolute Gasteiger partial charge is 0.244 e. The Labute approximate surface area is 226 Å². The van der Waals surface area contributed by atoms with Crippen molar-refractivity contribution < 1.29 is 22.7 Å². The van der Waals surface area contributed by atoms with E-state index < -0.39 is 10.0 Å². The molecule has 1 aromatic heterocycles. The molecule has 9 nitrogen and oxygen atoms in total. The largest absolute Gasteiger partial charge is 0.486 e. The first-order valence-corrected chi connectivity index (χ1v) is 14.0. The van der Waals surface area contributed by atoms with Crippen molar-refractivity contribution in [1.29, 1.82) is 0 Å². The van der Waals surface area contributed by atoms with Crippen LogP contribution >= 0.6 is 11.6 Å². The van der Waals surface area contributed by atoms with E-state index in [1.807, 2.05) is 6.07 Å². The first-order valence-electron chi connectivity index (χ1n) is 12.1. The van der Waals surface area contributed by atoms with Gasteiger partial charge in [0.25, 0.3) is 0 Å². The third-order valence-electron chi connectivity index (χ3n) is 6.39. The zero-order valence-electron chi connectivity index (χ0n) is 20.5. The van der Waals surface area contributed by atoms with Crippen LogP contribution in [0, 0.1) is 0 Å². The second-order valence-corrected chi connectivity index (χ2v) is 11.4. The summed E-state index contributed by atoms with van der Waals surface area (Å²) in [6.07, 6.45) is 5.01. The molecular weight excluding hydrogens is 528 g/mol. The number of amides is 1. The summed E-state index contributed by atoms with van der Waals surface area (Å²) in [5, 5.41) is 3.31. The first kappa shape index (κ1) is 26.2. The molecule has 3 heterocycles. The van der Waals surface area contributed by atoms with Gasteiger partial charge < -0.3 is 20.5 Å². The van der Waals surface area contributed by atoms with Gasteiger partial charge in [0.05, 0.1) is 29.7 Å². The molecule has 0 saturated carbocycles. The number of halogens is 1. The summed E-state index contributed by atoms with van der Waals surface area (Å²) in [5.74, 6) is 0.769. The lowest BCUT2D eigenvalue weighted by Crippen LogP contribution is -2.40. The van der Waals surface area contributed by atoms with Crippen LogP contribution in [0.2, 0.25) is 5.02 Å². The minimum absolute atomic E-state index is 0.247. The van der Waals surface area contributed by atoms with Crippen LogP contribution in [-0.2, 0) is 26.0 Å². The van der Waals surface area contributed by atoms with E-state index >= 15 is 0 Å². The zero-order valence-corrected chi connectivity index (χ0v) is 22.0. The van der Waals surface area contributed by atoms with Crippen molar-refractivity contribution in [2.75, 3.05) is 38.6 Å². The third-order valence-corrected chi connectivity index (χ3v) is 8.58. The average Bonchev–Trinajstić information content (AvgIpc) is 3.36. The van der Waals surface area contributed by atoms with E-state index in [1.54, 1.807) is 54.7 Å². The SMILES string of the molecule is Nc1ccc(C=CC(=O)NCC2Cc3cc(-c4ccc(S(=O)(=O)N5CCOCC5)cc4)cc(Cl)c3O2)cn1. The Morgan fingerprint density at radius 2 is 1.89 bits per heavy atom. The van der Waals surface area contributed by atoms with Gasteiger partial charge in [0.15, 0.2) is 0 Å². The van der Waals surface area contributed by atoms with Gasteiger partial charge in [0, 0.05) is 37.3 Å². The van der Waals surface area contributed by atoms with Crippen LogP contribution in [0.3, 0.4) is 0 Å². The van der Waals surface area contributed by atoms with Gasteiger partial charge in [-0.25, -0.2) is 13.4 Å². The summed E-state index contributed by atoms with van der Waals surface area (Å²) in [7, 11) is -3.56. The minimum atomic E-state index is -3.56. The number of rotatable bonds is 7. The summed E-state index contributed by atoms with van der Waals surface area (Å²) in [6.45, 7) is 1.81. The molecule has 0 radical (unpaired) electrons. The summed E-state index contributed by atoms with van der Waals surface area (Å²) >= 11 is 6.53. The number of aromatic nitrogens is 1. The van der Waals surface area contributed by atoms with Crippen molar-refractivity contribution in [1.82, 2.24) is 14.6 Å². The molecule has 1 saturated heterocycles. The maximum Gasteiger partial charge on any atom is 0.244 e. The van der Waals surface area contributed by atoms with Crippen LogP contribution in [0.4, 0.5) is 5.82 Å². The van der Waals surface area contributed by atoms with Crippen LogP contribution in [-0.4, -0.2) is 62.6 Å². The lowest BCUT2D eigenvalue weighted by Gasteiger charge is -2.26. The Bertz CT molecular complexity index is 1450. The number of nitrogens with one attached hydrogen (secondary N) is 1. The van der Waals surface area contributed by atoms with Crippen molar-refractivity contribution in [3.8, 4) is 16.9 Å². The number of hydrogen-bond donors (Lipinski definition) is 2. The van der Waals surface area contributed by atoms with E-state index in [9.17, 15) is 13.2 Å². The minimum Gasteiger partial charge on any atom is -0.486 e. The first-order chi connectivity index (χ1) is 18.3. The lowest BCUT2D eigenvalue weighted by atomic mass is 10.0. The van der Waals surface area contributed by atoms with Crippen LogP contribution < -0.4 is 15.8 Å². The van der Waals surface area contributed by atoms with Crippen molar-refractivity contribution in [2.24, 2.45) is 0 Å². The number of carbonyl (C=O) groups excluding carboxylic acids is 1. The highest BCUT2D eigenvalue weighted by Crippen LogP contribution is 2.39. The van der Waals surface area contributed by atoms with Crippen molar-refractivity contribution >= 4 is 39.4 Å². The molecular formula is C27H27ClN4O5S. The van der Waals surface area contributed by atoms with Crippen LogP contribution in [0.5, 0.6) is 5.75 Å². The fourth-order valence-corrected chi connectivity index (χ4v) is 6.08. The Balaban J connectivity index is 1.22. The highest BCUT2D eigenvalue weighted by molar-refractivity contribution is 7.89. The molecule has 0 bridgehead atoms. The second kappa shape index (κ2) is 11.1. The van der Waals surface area contributed by atoms with Crippen LogP contribution in [0.1, 0.15) is 11.1 Å². The summed E-state index contributed by atoms with van der Waals surface area (Å²) in [4.78, 5) is 16.5. The summed E-state index contributed by atoms with van der Waals surface area (Å²) < 4.78 is 38.5. The molecule has 3 N–H and O–H groups in total. The maximum atomic E-state index is 12.9. The molecule has 5 rings (SSSR count). The average molecular weight is 555 g/mol. The van der Waals surface area contributed by atoms with Gasteiger partial charge in [-0.3, -0.25) is 4.79 Å². The fourth-order valence-electron chi connectivity index (χ4n) is 4.38. The molecule has 2 aromatic carbocycles. The van der Waals surface area contributed by atoms with E-state index in [0.29, 0.717) is 55.9 Å². The van der Waals surface area contributed by atoms with E-state index in [4.69, 9.17) is 26.8 Å². The van der Waals surface area contributed by atoms with Gasteiger partial charge in [-0.1, -0.05) is 23.7 Å². The molecule has 38 heavy (non-hydrogen) atoms. The monoisotopic (exact) mass is 554 g/mol. The number of benzene rings is 2. The Morgan fingerprint density at radius 1 is 1.13 bits per heavy atom. The van der Waals surface area contributed by atoms with E-state index in [2.05, 4.69) is 10.3 Å². The van der Waals surface area contributed by atoms with Crippen molar-refractivity contribution in [3.63, 3.8) is 0 Å². The van der Waals surface area contributed by atoms with E-state index in [0.717, 1.165) is 22.3 Å². The quantitative estimate of drug-likeness (QED) is 0.430. The van der Waals surface area contributed by atoms with E-state index in [-0.39, 0.29) is 16.9 Å². The molecule has 0 aliphatic carbocycles. The van der Waals surface area contributed by atoms with Crippen LogP contribution in [0.25, 0.3) is 17.2 Å². The molecule has 3 aromatic rings. The number of morpholine rings is 1. The standard InChI is InChI=1S/C27H27ClN4O5S/c28-24-15-20(19-3-5-23(6-4-19)38(34,35)32-9-11-36-12-10-32)13-21-14-22(37-27(21)24)17-31-26(33)8-2-18-1-7-25(29)30-16-18/h1-8,13,15-16,22H,9-12,14,17H2,(H2,29,30)(H,31,33). The highest BCUT2D eigenvalue weighted by atomic mass is 35.5. The lowest BCUT2D eigenvalue weighted by molar-refractivity contribution is -0.116. The molecule has 0 spiro atoms. The van der Waals surface area contributed by atoms with Gasteiger partial charge in [-0.05, 0) is 59.2 Å². The Kier molecular flexibility index (Phi) is 7.66. The number of ether oxygens (including phenoxy) is 2.